The minimum absolute atomic E-state index is 0.687. The summed E-state index contributed by atoms with van der Waals surface area (Å²) in [7, 11) is 4.42. The fourth-order valence-corrected chi connectivity index (χ4v) is 3.13. The van der Waals surface area contributed by atoms with E-state index in [1.54, 1.807) is 0 Å². The zero-order valence-electron chi connectivity index (χ0n) is 9.35. The summed E-state index contributed by atoms with van der Waals surface area (Å²) >= 11 is 0. The fourth-order valence-electron chi connectivity index (χ4n) is 3.13. The lowest BCUT2D eigenvalue weighted by atomic mass is 10.0. The van der Waals surface area contributed by atoms with E-state index in [0.717, 1.165) is 0 Å². The Morgan fingerprint density at radius 2 is 1.80 bits per heavy atom. The molecular formula is C12H17N3. The van der Waals surface area contributed by atoms with Gasteiger partial charge in [0.05, 0.1) is 17.6 Å². The number of nitrogens with zero attached hydrogens (tertiary/aromatic N) is 3. The van der Waals surface area contributed by atoms with Crippen LogP contribution in [0, 0.1) is 0 Å². The topological polar surface area (TPSA) is 19.4 Å². The summed E-state index contributed by atoms with van der Waals surface area (Å²) in [5.74, 6) is 0. The summed E-state index contributed by atoms with van der Waals surface area (Å²) < 4.78 is 0. The maximum absolute atomic E-state index is 4.23. The number of hydrogen-bond acceptors (Lipinski definition) is 3. The van der Waals surface area contributed by atoms with E-state index in [-0.39, 0.29) is 0 Å². The van der Waals surface area contributed by atoms with Crippen LogP contribution in [0.4, 0.5) is 11.4 Å². The van der Waals surface area contributed by atoms with Gasteiger partial charge in [0, 0.05) is 32.4 Å². The summed E-state index contributed by atoms with van der Waals surface area (Å²) in [5.41, 5.74) is 2.61. The van der Waals surface area contributed by atoms with Crippen molar-refractivity contribution in [3.63, 3.8) is 0 Å². The second kappa shape index (κ2) is 3.12. The molecule has 0 amide bonds. The summed E-state index contributed by atoms with van der Waals surface area (Å²) in [6.45, 7) is 0. The van der Waals surface area contributed by atoms with Crippen molar-refractivity contribution in [1.29, 1.82) is 0 Å². The number of rotatable bonds is 0. The first kappa shape index (κ1) is 9.01. The smallest absolute Gasteiger partial charge is 0.0791 e. The maximum Gasteiger partial charge on any atom is 0.0791 e. The predicted octanol–water partition coefficient (Wildman–Crippen LogP) is 1.89. The van der Waals surface area contributed by atoms with Crippen molar-refractivity contribution in [1.82, 2.24) is 4.98 Å². The summed E-state index contributed by atoms with van der Waals surface area (Å²) in [6, 6.07) is 3.51. The highest BCUT2D eigenvalue weighted by Gasteiger charge is 2.38. The Morgan fingerprint density at radius 1 is 1.13 bits per heavy atom. The zero-order valence-corrected chi connectivity index (χ0v) is 9.35. The van der Waals surface area contributed by atoms with E-state index in [2.05, 4.69) is 34.9 Å². The Hall–Kier alpha value is -1.25. The van der Waals surface area contributed by atoms with Crippen molar-refractivity contribution in [2.24, 2.45) is 0 Å². The lowest BCUT2D eigenvalue weighted by molar-refractivity contribution is 0.528. The average molecular weight is 203 g/mol. The molecule has 1 saturated carbocycles. The van der Waals surface area contributed by atoms with E-state index in [4.69, 9.17) is 0 Å². The molecule has 1 aliphatic heterocycles. The molecule has 15 heavy (non-hydrogen) atoms. The largest absolute Gasteiger partial charge is 0.368 e. The highest BCUT2D eigenvalue weighted by Crippen LogP contribution is 2.41. The Morgan fingerprint density at radius 3 is 2.53 bits per heavy atom. The molecule has 0 aromatic carbocycles. The summed E-state index contributed by atoms with van der Waals surface area (Å²) in [5, 5.41) is 0. The highest BCUT2D eigenvalue weighted by molar-refractivity contribution is 5.73. The minimum atomic E-state index is 0.687. The molecule has 1 aliphatic carbocycles. The van der Waals surface area contributed by atoms with Gasteiger partial charge < -0.3 is 9.80 Å². The molecule has 1 aromatic rings. The average Bonchev–Trinajstić information content (AvgIpc) is 2.75. The van der Waals surface area contributed by atoms with E-state index in [0.29, 0.717) is 12.1 Å². The van der Waals surface area contributed by atoms with Gasteiger partial charge in [-0.3, -0.25) is 4.98 Å². The predicted molar refractivity (Wildman–Crippen MR) is 62.5 cm³/mol. The normalized spacial score (nSPS) is 28.9. The fraction of sp³-hybridized carbons (Fsp3) is 0.583. The molecule has 1 fully saturated rings. The third-order valence-electron chi connectivity index (χ3n) is 3.98. The monoisotopic (exact) mass is 203 g/mol. The van der Waals surface area contributed by atoms with E-state index >= 15 is 0 Å². The van der Waals surface area contributed by atoms with Crippen molar-refractivity contribution in [2.45, 2.75) is 31.3 Å². The Bertz CT molecular complexity index is 342. The molecule has 0 spiro atoms. The summed E-state index contributed by atoms with van der Waals surface area (Å²) in [6.07, 6.45) is 7.87. The van der Waals surface area contributed by atoms with Gasteiger partial charge in [-0.15, -0.1) is 0 Å². The number of likely N-dealkylation sites (N-methyl/N-ethyl adjacent to an activating group) is 2. The van der Waals surface area contributed by atoms with Crippen LogP contribution in [0.3, 0.4) is 0 Å². The molecule has 3 nitrogen and oxygen atoms in total. The van der Waals surface area contributed by atoms with Gasteiger partial charge in [0.15, 0.2) is 0 Å². The van der Waals surface area contributed by atoms with Gasteiger partial charge in [-0.25, -0.2) is 0 Å². The van der Waals surface area contributed by atoms with Crippen molar-refractivity contribution in [3.8, 4) is 0 Å². The SMILES string of the molecule is CN1c2ccncc2N(C)C2CCCC21. The molecule has 80 valence electrons. The van der Waals surface area contributed by atoms with Gasteiger partial charge in [0.1, 0.15) is 0 Å². The molecule has 3 rings (SSSR count). The van der Waals surface area contributed by atoms with Crippen LogP contribution >= 0.6 is 0 Å². The van der Waals surface area contributed by atoms with Gasteiger partial charge in [-0.05, 0) is 25.3 Å². The van der Waals surface area contributed by atoms with Crippen molar-refractivity contribution in [3.05, 3.63) is 18.5 Å². The number of aromatic nitrogens is 1. The second-order valence-electron chi connectivity index (χ2n) is 4.65. The minimum Gasteiger partial charge on any atom is -0.368 e. The van der Waals surface area contributed by atoms with Crippen molar-refractivity contribution >= 4 is 11.4 Å². The van der Waals surface area contributed by atoms with Gasteiger partial charge in [-0.2, -0.15) is 0 Å². The molecule has 2 unspecified atom stereocenters. The van der Waals surface area contributed by atoms with Crippen LogP contribution in [0.2, 0.25) is 0 Å². The molecule has 0 bridgehead atoms. The molecule has 2 heterocycles. The van der Waals surface area contributed by atoms with Crippen molar-refractivity contribution < 1.29 is 0 Å². The van der Waals surface area contributed by atoms with E-state index in [1.165, 1.54) is 30.6 Å². The molecule has 3 heteroatoms. The molecule has 2 aliphatic rings. The van der Waals surface area contributed by atoms with Gasteiger partial charge in [0.25, 0.3) is 0 Å². The van der Waals surface area contributed by atoms with Crippen LogP contribution in [0.5, 0.6) is 0 Å². The third kappa shape index (κ3) is 1.15. The Kier molecular flexibility index (Phi) is 1.87. The molecule has 0 radical (unpaired) electrons. The van der Waals surface area contributed by atoms with Gasteiger partial charge >= 0.3 is 0 Å². The quantitative estimate of drug-likeness (QED) is 0.642. The van der Waals surface area contributed by atoms with Crippen molar-refractivity contribution in [2.75, 3.05) is 23.9 Å². The number of fused-ring (bicyclic) bond motifs is 2. The van der Waals surface area contributed by atoms with Crippen LogP contribution < -0.4 is 9.80 Å². The maximum atomic E-state index is 4.23. The molecule has 2 atom stereocenters. The van der Waals surface area contributed by atoms with Gasteiger partial charge in [0.2, 0.25) is 0 Å². The Labute approximate surface area is 90.7 Å². The standard InChI is InChI=1S/C12H17N3/c1-14-9-4-3-5-10(9)15(2)12-8-13-7-6-11(12)14/h6-10H,3-5H2,1-2H3. The lowest BCUT2D eigenvalue weighted by Gasteiger charge is -2.44. The molecular weight excluding hydrogens is 186 g/mol. The Balaban J connectivity index is 2.10. The first-order valence-corrected chi connectivity index (χ1v) is 5.68. The van der Waals surface area contributed by atoms with E-state index in [9.17, 15) is 0 Å². The van der Waals surface area contributed by atoms with Crippen LogP contribution in [0.15, 0.2) is 18.5 Å². The molecule has 0 saturated heterocycles. The van der Waals surface area contributed by atoms with E-state index < -0.39 is 0 Å². The van der Waals surface area contributed by atoms with Crippen LogP contribution in [0.25, 0.3) is 0 Å². The first-order chi connectivity index (χ1) is 7.29. The van der Waals surface area contributed by atoms with Crippen LogP contribution in [-0.4, -0.2) is 31.2 Å². The van der Waals surface area contributed by atoms with Crippen LogP contribution in [0.1, 0.15) is 19.3 Å². The number of hydrogen-bond donors (Lipinski definition) is 0. The van der Waals surface area contributed by atoms with E-state index in [1.807, 2.05) is 12.4 Å². The van der Waals surface area contributed by atoms with Gasteiger partial charge in [-0.1, -0.05) is 0 Å². The zero-order chi connectivity index (χ0) is 10.4. The summed E-state index contributed by atoms with van der Waals surface area (Å²) in [4.78, 5) is 9.08. The highest BCUT2D eigenvalue weighted by atomic mass is 15.3. The molecule has 1 aromatic heterocycles. The third-order valence-corrected chi connectivity index (χ3v) is 3.98. The van der Waals surface area contributed by atoms with Crippen LogP contribution in [-0.2, 0) is 0 Å². The first-order valence-electron chi connectivity index (χ1n) is 5.68. The lowest BCUT2D eigenvalue weighted by Crippen LogP contribution is -2.50. The molecule has 0 N–H and O–H groups in total. The number of pyridine rings is 1. The second-order valence-corrected chi connectivity index (χ2v) is 4.65. The number of anilines is 2.